The highest BCUT2D eigenvalue weighted by Gasteiger charge is 2.26. The first-order valence-corrected chi connectivity index (χ1v) is 14.6. The highest BCUT2D eigenvalue weighted by molar-refractivity contribution is 5.79. The molecule has 0 aliphatic carbocycles. The average Bonchev–Trinajstić information content (AvgIpc) is 3.01. The molecule has 5 rings (SSSR count). The molecule has 1 heteroatoms. The van der Waals surface area contributed by atoms with Crippen molar-refractivity contribution in [3.05, 3.63) is 133 Å². The van der Waals surface area contributed by atoms with E-state index in [0.717, 1.165) is 0 Å². The van der Waals surface area contributed by atoms with Crippen molar-refractivity contribution in [2.75, 3.05) is 11.9 Å². The molecule has 0 aliphatic heterocycles. The largest absolute Gasteiger partial charge is 0.345 e. The minimum absolute atomic E-state index is 0.0904. The summed E-state index contributed by atoms with van der Waals surface area (Å²) in [6, 6.07) is 46.2. The second kappa shape index (κ2) is 12.0. The van der Waals surface area contributed by atoms with Gasteiger partial charge in [-0.1, -0.05) is 131 Å². The fourth-order valence-electron chi connectivity index (χ4n) is 5.85. The van der Waals surface area contributed by atoms with E-state index in [4.69, 9.17) is 0 Å². The van der Waals surface area contributed by atoms with Crippen LogP contribution in [0.25, 0.3) is 33.4 Å². The molecule has 5 aromatic carbocycles. The zero-order chi connectivity index (χ0) is 28.1. The van der Waals surface area contributed by atoms with Gasteiger partial charge in [-0.3, -0.25) is 0 Å². The Kier molecular flexibility index (Phi) is 8.21. The smallest absolute Gasteiger partial charge is 0.0414 e. The predicted octanol–water partition coefficient (Wildman–Crippen LogP) is 11.2. The Morgan fingerprint density at radius 3 is 1.77 bits per heavy atom. The first-order valence-electron chi connectivity index (χ1n) is 14.6. The third-order valence-electron chi connectivity index (χ3n) is 8.32. The first kappa shape index (κ1) is 27.5. The van der Waals surface area contributed by atoms with Crippen molar-refractivity contribution in [2.24, 2.45) is 5.92 Å². The lowest BCUT2D eigenvalue weighted by Gasteiger charge is -2.31. The normalized spacial score (nSPS) is 12.2. The fourth-order valence-corrected chi connectivity index (χ4v) is 5.85. The second-order valence-electron chi connectivity index (χ2n) is 11.8. The average molecular weight is 524 g/mol. The molecule has 202 valence electrons. The Labute approximate surface area is 241 Å². The number of hydrogen-bond donors (Lipinski definition) is 0. The van der Waals surface area contributed by atoms with Gasteiger partial charge >= 0.3 is 0 Å². The molecule has 0 N–H and O–H groups in total. The van der Waals surface area contributed by atoms with Crippen LogP contribution in [-0.2, 0) is 5.41 Å². The van der Waals surface area contributed by atoms with Gasteiger partial charge in [0.1, 0.15) is 0 Å². The number of rotatable bonds is 9. The summed E-state index contributed by atoms with van der Waals surface area (Å²) < 4.78 is 0. The zero-order valence-electron chi connectivity index (χ0n) is 24.6. The lowest BCUT2D eigenvalue weighted by molar-refractivity contribution is 0.373. The quantitative estimate of drug-likeness (QED) is 0.186. The van der Waals surface area contributed by atoms with Crippen molar-refractivity contribution in [3.8, 4) is 33.4 Å². The minimum Gasteiger partial charge on any atom is -0.345 e. The van der Waals surface area contributed by atoms with Crippen molar-refractivity contribution >= 4 is 11.4 Å². The predicted molar refractivity (Wildman–Crippen MR) is 174 cm³/mol. The topological polar surface area (TPSA) is 3.24 Å². The molecular formula is C39H41N. The van der Waals surface area contributed by atoms with Crippen LogP contribution in [0.5, 0.6) is 0 Å². The van der Waals surface area contributed by atoms with Crippen LogP contribution in [0, 0.1) is 5.92 Å². The molecule has 40 heavy (non-hydrogen) atoms. The molecule has 0 heterocycles. The fraction of sp³-hybridized carbons (Fsp3) is 0.231. The number of anilines is 2. The summed E-state index contributed by atoms with van der Waals surface area (Å²) in [5.41, 5.74) is 11.4. The van der Waals surface area contributed by atoms with Crippen LogP contribution >= 0.6 is 0 Å². The summed E-state index contributed by atoms with van der Waals surface area (Å²) in [7, 11) is 2.15. The van der Waals surface area contributed by atoms with Gasteiger partial charge in [0.25, 0.3) is 0 Å². The monoisotopic (exact) mass is 523 g/mol. The van der Waals surface area contributed by atoms with E-state index in [9.17, 15) is 0 Å². The third kappa shape index (κ3) is 6.05. The number of nitrogens with zero attached hydrogens (tertiary/aromatic N) is 1. The van der Waals surface area contributed by atoms with Crippen molar-refractivity contribution in [3.63, 3.8) is 0 Å². The number of hydrogen-bond acceptors (Lipinski definition) is 1. The molecule has 0 amide bonds. The Balaban J connectivity index is 1.48. The summed E-state index contributed by atoms with van der Waals surface area (Å²) in [6.45, 7) is 9.47. The third-order valence-corrected chi connectivity index (χ3v) is 8.32. The van der Waals surface area contributed by atoms with Crippen LogP contribution in [0.1, 0.15) is 46.1 Å². The summed E-state index contributed by atoms with van der Waals surface area (Å²) in [5, 5.41) is 0. The molecule has 0 radical (unpaired) electrons. The van der Waals surface area contributed by atoms with Crippen molar-refractivity contribution < 1.29 is 0 Å². The summed E-state index contributed by atoms with van der Waals surface area (Å²) in [6.07, 6.45) is 2.38. The molecule has 0 bridgehead atoms. The molecule has 0 fully saturated rings. The summed E-state index contributed by atoms with van der Waals surface area (Å²) >= 11 is 0. The van der Waals surface area contributed by atoms with Gasteiger partial charge < -0.3 is 4.90 Å². The first-order chi connectivity index (χ1) is 19.4. The van der Waals surface area contributed by atoms with Gasteiger partial charge in [-0.25, -0.2) is 0 Å². The van der Waals surface area contributed by atoms with E-state index >= 15 is 0 Å². The Hall–Kier alpha value is -4.10. The molecule has 1 nitrogen and oxygen atoms in total. The number of benzene rings is 5. The molecule has 0 saturated heterocycles. The van der Waals surface area contributed by atoms with Crippen LogP contribution in [0.2, 0.25) is 0 Å². The Bertz CT molecular complexity index is 1530. The highest BCUT2D eigenvalue weighted by atomic mass is 15.1. The van der Waals surface area contributed by atoms with Crippen LogP contribution in [0.3, 0.4) is 0 Å². The van der Waals surface area contributed by atoms with E-state index in [1.807, 2.05) is 0 Å². The Morgan fingerprint density at radius 2 is 1.12 bits per heavy atom. The van der Waals surface area contributed by atoms with Crippen LogP contribution in [0.15, 0.2) is 127 Å². The van der Waals surface area contributed by atoms with E-state index < -0.39 is 0 Å². The minimum atomic E-state index is 0.0904. The van der Waals surface area contributed by atoms with Crippen molar-refractivity contribution in [2.45, 2.75) is 46.0 Å². The molecule has 1 atom stereocenters. The van der Waals surface area contributed by atoms with E-state index in [1.54, 1.807) is 0 Å². The SMILES string of the molecule is CCC(C)CC(C)(C)c1ccc(-c2cccc(N(C)c3ccc(-c4ccccc4)cc3)c2)cc1-c1ccccc1. The lowest BCUT2D eigenvalue weighted by atomic mass is 9.73. The van der Waals surface area contributed by atoms with Crippen LogP contribution in [0.4, 0.5) is 11.4 Å². The molecule has 0 saturated carbocycles. The van der Waals surface area contributed by atoms with E-state index in [1.165, 1.54) is 63.2 Å². The molecule has 1 unspecified atom stereocenters. The summed E-state index contributed by atoms with van der Waals surface area (Å²) in [4.78, 5) is 2.26. The lowest BCUT2D eigenvalue weighted by Crippen LogP contribution is -2.21. The van der Waals surface area contributed by atoms with Gasteiger partial charge in [0.15, 0.2) is 0 Å². The maximum Gasteiger partial charge on any atom is 0.0414 e. The zero-order valence-corrected chi connectivity index (χ0v) is 24.6. The van der Waals surface area contributed by atoms with Crippen molar-refractivity contribution in [1.82, 2.24) is 0 Å². The van der Waals surface area contributed by atoms with Gasteiger partial charge in [0, 0.05) is 18.4 Å². The molecule has 0 aromatic heterocycles. The summed E-state index contributed by atoms with van der Waals surface area (Å²) in [5.74, 6) is 0.687. The molecule has 0 aliphatic rings. The van der Waals surface area contributed by atoms with E-state index in [2.05, 4.69) is 167 Å². The van der Waals surface area contributed by atoms with Crippen molar-refractivity contribution in [1.29, 1.82) is 0 Å². The Morgan fingerprint density at radius 1 is 0.575 bits per heavy atom. The molecule has 5 aromatic rings. The van der Waals surface area contributed by atoms with Gasteiger partial charge in [-0.05, 0) is 87.0 Å². The standard InChI is InChI=1S/C39H41N/c1-6-29(2)28-39(3,4)38-25-22-34(27-37(38)32-16-11-8-12-17-32)33-18-13-19-36(26-33)40(5)35-23-20-31(21-24-35)30-14-9-7-10-15-30/h7-27,29H,6,28H2,1-5H3. The maximum absolute atomic E-state index is 2.40. The van der Waals surface area contributed by atoms with Gasteiger partial charge in [-0.2, -0.15) is 0 Å². The molecule has 0 spiro atoms. The van der Waals surface area contributed by atoms with E-state index in [-0.39, 0.29) is 5.41 Å². The van der Waals surface area contributed by atoms with Crippen LogP contribution < -0.4 is 4.90 Å². The van der Waals surface area contributed by atoms with E-state index in [0.29, 0.717) is 5.92 Å². The second-order valence-corrected chi connectivity index (χ2v) is 11.8. The van der Waals surface area contributed by atoms with Gasteiger partial charge in [0.2, 0.25) is 0 Å². The molecular weight excluding hydrogens is 482 g/mol. The van der Waals surface area contributed by atoms with Crippen LogP contribution in [-0.4, -0.2) is 7.05 Å². The van der Waals surface area contributed by atoms with Gasteiger partial charge in [-0.15, -0.1) is 0 Å². The maximum atomic E-state index is 2.40. The highest BCUT2D eigenvalue weighted by Crippen LogP contribution is 2.40. The van der Waals surface area contributed by atoms with Gasteiger partial charge in [0.05, 0.1) is 0 Å².